The molecule has 2 aliphatic heterocycles. The Morgan fingerprint density at radius 2 is 1.98 bits per heavy atom. The Labute approximate surface area is 287 Å². The molecule has 10 nitrogen and oxygen atoms in total. The van der Waals surface area contributed by atoms with E-state index in [0.717, 1.165) is 45.3 Å². The third-order valence-electron chi connectivity index (χ3n) is 9.77. The summed E-state index contributed by atoms with van der Waals surface area (Å²) < 4.78 is 57.2. The molecule has 0 radical (unpaired) electrons. The number of phenolic OH excluding ortho intramolecular Hbond substituents is 1. The van der Waals surface area contributed by atoms with E-state index in [2.05, 4.69) is 32.7 Å². The number of fused-ring (bicyclic) bond motifs is 2. The summed E-state index contributed by atoms with van der Waals surface area (Å²) in [5.74, 6) is -0.955. The van der Waals surface area contributed by atoms with Crippen molar-refractivity contribution in [1.29, 1.82) is 0 Å². The molecule has 13 heteroatoms. The summed E-state index contributed by atoms with van der Waals surface area (Å²) in [6.07, 6.45) is 11.1. The standard InChI is InChI=1S/C37H37F3N6O4/c1-3-26-29(39)8-7-23-16-25(47)17-27(30(23)26)32-31(40)33-28(18-41-32)34(46-11-5-4-6-24(19-46)42-35(48)22(2)38)44-36(43-33)50-21-37(9-10-37)20-45-12-14-49-15-13-45/h1,7-8,16-18,24,47H,2,4-6,9-15,19-21H2,(H,42,48)/t24-/m1/s1. The summed E-state index contributed by atoms with van der Waals surface area (Å²) in [4.78, 5) is 30.2. The number of phenols is 1. The van der Waals surface area contributed by atoms with Crippen molar-refractivity contribution in [3.05, 3.63) is 60.1 Å². The number of ether oxygens (including phenoxy) is 2. The number of carbonyl (C=O) groups is 1. The van der Waals surface area contributed by atoms with Gasteiger partial charge in [-0.2, -0.15) is 9.97 Å². The predicted octanol–water partition coefficient (Wildman–Crippen LogP) is 5.26. The Morgan fingerprint density at radius 1 is 1.18 bits per heavy atom. The predicted molar refractivity (Wildman–Crippen MR) is 182 cm³/mol. The molecule has 2 aromatic heterocycles. The number of nitrogens with one attached hydrogen (secondary N) is 1. The molecule has 2 N–H and O–H groups in total. The number of nitrogens with zero attached hydrogens (tertiary/aromatic N) is 5. The van der Waals surface area contributed by atoms with Gasteiger partial charge in [0.1, 0.15) is 28.6 Å². The number of anilines is 1. The lowest BCUT2D eigenvalue weighted by molar-refractivity contribution is -0.119. The molecule has 50 heavy (non-hydrogen) atoms. The van der Waals surface area contributed by atoms with E-state index in [4.69, 9.17) is 20.9 Å². The minimum absolute atomic E-state index is 0.0325. The van der Waals surface area contributed by atoms with Crippen molar-refractivity contribution in [1.82, 2.24) is 25.2 Å². The van der Waals surface area contributed by atoms with Crippen LogP contribution >= 0.6 is 0 Å². The van der Waals surface area contributed by atoms with E-state index in [9.17, 15) is 18.7 Å². The normalized spacial score (nSPS) is 19.2. The Morgan fingerprint density at radius 3 is 2.72 bits per heavy atom. The van der Waals surface area contributed by atoms with Crippen LogP contribution in [-0.2, 0) is 9.53 Å². The van der Waals surface area contributed by atoms with Crippen molar-refractivity contribution < 1.29 is 32.5 Å². The maximum absolute atomic E-state index is 16.9. The van der Waals surface area contributed by atoms with E-state index in [-0.39, 0.29) is 56.8 Å². The maximum atomic E-state index is 16.9. The zero-order chi connectivity index (χ0) is 35.0. The van der Waals surface area contributed by atoms with Crippen LogP contribution in [0, 0.1) is 29.4 Å². The molecule has 0 spiro atoms. The van der Waals surface area contributed by atoms with Gasteiger partial charge in [0, 0.05) is 61.3 Å². The summed E-state index contributed by atoms with van der Waals surface area (Å²) >= 11 is 0. The molecule has 2 aromatic carbocycles. The van der Waals surface area contributed by atoms with Gasteiger partial charge in [0.2, 0.25) is 0 Å². The first-order chi connectivity index (χ1) is 24.1. The summed E-state index contributed by atoms with van der Waals surface area (Å²) in [5, 5.41) is 14.2. The summed E-state index contributed by atoms with van der Waals surface area (Å²) in [5.41, 5.74) is -0.355. The van der Waals surface area contributed by atoms with Gasteiger partial charge >= 0.3 is 6.01 Å². The minimum Gasteiger partial charge on any atom is -0.508 e. The molecule has 7 rings (SSSR count). The maximum Gasteiger partial charge on any atom is 0.319 e. The van der Waals surface area contributed by atoms with Crippen LogP contribution in [0.15, 0.2) is 42.9 Å². The number of rotatable bonds is 9. The Kier molecular flexibility index (Phi) is 9.24. The molecule has 1 amide bonds. The van der Waals surface area contributed by atoms with Gasteiger partial charge in [-0.05, 0) is 55.7 Å². The van der Waals surface area contributed by atoms with Crippen molar-refractivity contribution in [3.63, 3.8) is 0 Å². The highest BCUT2D eigenvalue weighted by molar-refractivity contribution is 6.03. The molecular formula is C37H37F3N6O4. The van der Waals surface area contributed by atoms with Crippen LogP contribution in [0.1, 0.15) is 37.7 Å². The number of aromatic hydroxyl groups is 1. The number of pyridine rings is 1. The first-order valence-electron chi connectivity index (χ1n) is 16.8. The second-order valence-electron chi connectivity index (χ2n) is 13.4. The van der Waals surface area contributed by atoms with E-state index in [1.807, 2.05) is 4.90 Å². The zero-order valence-electron chi connectivity index (χ0n) is 27.5. The van der Waals surface area contributed by atoms with Crippen LogP contribution in [0.3, 0.4) is 0 Å². The lowest BCUT2D eigenvalue weighted by atomic mass is 9.96. The van der Waals surface area contributed by atoms with E-state index < -0.39 is 29.4 Å². The number of morpholine rings is 1. The van der Waals surface area contributed by atoms with Crippen LogP contribution in [0.2, 0.25) is 0 Å². The molecule has 260 valence electrons. The average molecular weight is 687 g/mol. The van der Waals surface area contributed by atoms with E-state index in [1.54, 1.807) is 0 Å². The molecule has 3 fully saturated rings. The van der Waals surface area contributed by atoms with Gasteiger partial charge in [-0.3, -0.25) is 14.7 Å². The fraction of sp³-hybridized carbons (Fsp3) is 0.405. The quantitative estimate of drug-likeness (QED) is 0.180. The van der Waals surface area contributed by atoms with Gasteiger partial charge in [0.05, 0.1) is 30.8 Å². The van der Waals surface area contributed by atoms with Gasteiger partial charge in [0.15, 0.2) is 11.6 Å². The molecule has 4 aromatic rings. The third-order valence-corrected chi connectivity index (χ3v) is 9.77. The van der Waals surface area contributed by atoms with Crippen LogP contribution < -0.4 is 15.0 Å². The van der Waals surface area contributed by atoms with Crippen LogP contribution in [-0.4, -0.2) is 89.5 Å². The van der Waals surface area contributed by atoms with Crippen LogP contribution in [0.25, 0.3) is 32.9 Å². The van der Waals surface area contributed by atoms with Crippen LogP contribution in [0.5, 0.6) is 11.8 Å². The molecule has 2 saturated heterocycles. The van der Waals surface area contributed by atoms with Crippen molar-refractivity contribution in [2.75, 3.05) is 57.4 Å². The Hall–Kier alpha value is -4.93. The summed E-state index contributed by atoms with van der Waals surface area (Å²) in [7, 11) is 0. The Balaban J connectivity index is 1.31. The monoisotopic (exact) mass is 686 g/mol. The van der Waals surface area contributed by atoms with Crippen molar-refractivity contribution in [3.8, 4) is 35.4 Å². The third kappa shape index (κ3) is 6.78. The fourth-order valence-corrected chi connectivity index (χ4v) is 6.96. The molecular weight excluding hydrogens is 649 g/mol. The zero-order valence-corrected chi connectivity index (χ0v) is 27.5. The highest BCUT2D eigenvalue weighted by atomic mass is 19.1. The average Bonchev–Trinajstić information content (AvgIpc) is 3.91. The first kappa shape index (κ1) is 33.6. The molecule has 3 aliphatic rings. The van der Waals surface area contributed by atoms with Gasteiger partial charge in [-0.1, -0.05) is 18.6 Å². The number of carbonyl (C=O) groups excluding carboxylic acids is 1. The van der Waals surface area contributed by atoms with E-state index in [1.165, 1.54) is 30.5 Å². The number of hydrogen-bond acceptors (Lipinski definition) is 9. The molecule has 0 bridgehead atoms. The van der Waals surface area contributed by atoms with Gasteiger partial charge < -0.3 is 24.8 Å². The molecule has 1 atom stereocenters. The van der Waals surface area contributed by atoms with E-state index >= 15 is 4.39 Å². The SMILES string of the molecule is C#Cc1c(F)ccc2cc(O)cc(-c3ncc4c(N5CCCC[C@@H](NC(=O)C(=C)F)C5)nc(OCC5(CN6CCOCC6)CC5)nc4c3F)c12. The number of hydrogen-bond donors (Lipinski definition) is 2. The largest absolute Gasteiger partial charge is 0.508 e. The second kappa shape index (κ2) is 13.8. The lowest BCUT2D eigenvalue weighted by Gasteiger charge is -2.30. The number of terminal acetylenes is 1. The van der Waals surface area contributed by atoms with Crippen molar-refractivity contribution in [2.45, 2.75) is 38.1 Å². The number of benzene rings is 2. The van der Waals surface area contributed by atoms with Gasteiger partial charge in [-0.15, -0.1) is 6.42 Å². The highest BCUT2D eigenvalue weighted by Crippen LogP contribution is 2.47. The van der Waals surface area contributed by atoms with Crippen molar-refractivity contribution in [2.24, 2.45) is 5.41 Å². The lowest BCUT2D eigenvalue weighted by Crippen LogP contribution is -2.43. The highest BCUT2D eigenvalue weighted by Gasteiger charge is 2.45. The molecule has 1 aliphatic carbocycles. The minimum atomic E-state index is -1.08. The summed E-state index contributed by atoms with van der Waals surface area (Å²) in [6, 6.07) is 4.90. The molecule has 1 saturated carbocycles. The van der Waals surface area contributed by atoms with Gasteiger partial charge in [-0.25, -0.2) is 13.2 Å². The van der Waals surface area contributed by atoms with Crippen molar-refractivity contribution >= 4 is 33.4 Å². The number of amides is 1. The Bertz CT molecular complexity index is 2020. The fourth-order valence-electron chi connectivity index (χ4n) is 6.96. The van der Waals surface area contributed by atoms with E-state index in [0.29, 0.717) is 44.0 Å². The number of halogens is 3. The number of aromatic nitrogens is 3. The molecule has 0 unspecified atom stereocenters. The molecule has 4 heterocycles. The van der Waals surface area contributed by atoms with Gasteiger partial charge in [0.25, 0.3) is 5.91 Å². The first-order valence-corrected chi connectivity index (χ1v) is 16.8. The second-order valence-corrected chi connectivity index (χ2v) is 13.4. The topological polar surface area (TPSA) is 113 Å². The van der Waals surface area contributed by atoms with Crippen LogP contribution in [0.4, 0.5) is 19.0 Å². The summed E-state index contributed by atoms with van der Waals surface area (Å²) in [6.45, 7) is 8.10. The smallest absolute Gasteiger partial charge is 0.319 e.